The van der Waals surface area contributed by atoms with E-state index in [1.165, 1.54) is 33.1 Å². The number of thiophene rings is 1. The quantitative estimate of drug-likeness (QED) is 0.361. The number of benzene rings is 2. The number of thiazole rings is 1. The molecule has 0 saturated heterocycles. The Morgan fingerprint density at radius 2 is 2.03 bits per heavy atom. The number of carbonyl (C=O) groups is 2. The molecule has 1 N–H and O–H groups in total. The summed E-state index contributed by atoms with van der Waals surface area (Å²) in [4.78, 5) is 33.3. The van der Waals surface area contributed by atoms with Crippen molar-refractivity contribution in [3.63, 3.8) is 0 Å². The lowest BCUT2D eigenvalue weighted by atomic mass is 9.95. The number of aliphatic hydroxyl groups is 1. The minimum Gasteiger partial charge on any atom is -0.503 e. The van der Waals surface area contributed by atoms with Gasteiger partial charge in [0.1, 0.15) is 5.75 Å². The molecule has 2 aromatic heterocycles. The molecule has 0 spiro atoms. The SMILES string of the molecule is CCc1ccc2nc(N3C(=O)C(O)=C(C(=O)c4cccs4)[C@H]3c3cccc(OC)c3)sc2c1. The zero-order valence-electron chi connectivity index (χ0n) is 17.9. The maximum Gasteiger partial charge on any atom is 0.296 e. The Balaban J connectivity index is 1.68. The van der Waals surface area contributed by atoms with E-state index in [0.717, 1.165) is 16.6 Å². The zero-order chi connectivity index (χ0) is 23.1. The number of ketones is 1. The minimum atomic E-state index is -0.826. The molecule has 0 aliphatic carbocycles. The summed E-state index contributed by atoms with van der Waals surface area (Å²) < 4.78 is 6.32. The van der Waals surface area contributed by atoms with Crippen LogP contribution in [0.3, 0.4) is 0 Å². The van der Waals surface area contributed by atoms with E-state index in [1.807, 2.05) is 18.2 Å². The molecule has 166 valence electrons. The molecule has 8 heteroatoms. The number of hydrogen-bond donors (Lipinski definition) is 1. The summed E-state index contributed by atoms with van der Waals surface area (Å²) in [6.45, 7) is 2.08. The van der Waals surface area contributed by atoms with Gasteiger partial charge in [-0.1, -0.05) is 42.5 Å². The maximum atomic E-state index is 13.4. The van der Waals surface area contributed by atoms with Gasteiger partial charge in [-0.2, -0.15) is 0 Å². The first-order valence-electron chi connectivity index (χ1n) is 10.4. The van der Waals surface area contributed by atoms with Crippen LogP contribution in [-0.4, -0.2) is 28.9 Å². The summed E-state index contributed by atoms with van der Waals surface area (Å²) in [5.41, 5.74) is 2.63. The Kier molecular flexibility index (Phi) is 5.47. The van der Waals surface area contributed by atoms with Crippen LogP contribution >= 0.6 is 22.7 Å². The third-order valence-corrected chi connectivity index (χ3v) is 7.55. The van der Waals surface area contributed by atoms with Gasteiger partial charge in [-0.3, -0.25) is 14.5 Å². The van der Waals surface area contributed by atoms with Gasteiger partial charge in [-0.05, 0) is 53.3 Å². The highest BCUT2D eigenvalue weighted by atomic mass is 32.1. The molecule has 0 saturated carbocycles. The van der Waals surface area contributed by atoms with Crippen molar-refractivity contribution in [1.82, 2.24) is 4.98 Å². The molecular weight excluding hydrogens is 456 g/mol. The molecule has 5 rings (SSSR count). The predicted molar refractivity (Wildman–Crippen MR) is 131 cm³/mol. The lowest BCUT2D eigenvalue weighted by Gasteiger charge is -2.24. The lowest BCUT2D eigenvalue weighted by Crippen LogP contribution is -2.30. The number of anilines is 1. The molecule has 0 radical (unpaired) electrons. The normalized spacial score (nSPS) is 16.1. The molecule has 33 heavy (non-hydrogen) atoms. The van der Waals surface area contributed by atoms with Crippen molar-refractivity contribution < 1.29 is 19.4 Å². The van der Waals surface area contributed by atoms with Crippen LogP contribution in [0, 0.1) is 0 Å². The monoisotopic (exact) mass is 476 g/mol. The smallest absolute Gasteiger partial charge is 0.296 e. The summed E-state index contributed by atoms with van der Waals surface area (Å²) >= 11 is 2.63. The van der Waals surface area contributed by atoms with E-state index in [9.17, 15) is 14.7 Å². The third-order valence-electron chi connectivity index (χ3n) is 5.66. The molecule has 4 aromatic rings. The van der Waals surface area contributed by atoms with Crippen molar-refractivity contribution in [3.05, 3.63) is 87.3 Å². The van der Waals surface area contributed by atoms with Crippen LogP contribution in [0.5, 0.6) is 5.75 Å². The Morgan fingerprint density at radius 1 is 1.18 bits per heavy atom. The number of rotatable bonds is 6. The summed E-state index contributed by atoms with van der Waals surface area (Å²) in [6, 6.07) is 15.8. The van der Waals surface area contributed by atoms with Crippen molar-refractivity contribution in [2.24, 2.45) is 0 Å². The molecule has 0 fully saturated rings. The zero-order valence-corrected chi connectivity index (χ0v) is 19.6. The number of ether oxygens (including phenoxy) is 1. The average Bonchev–Trinajstić information content (AvgIpc) is 3.57. The maximum absolute atomic E-state index is 13.4. The number of fused-ring (bicyclic) bond motifs is 1. The van der Waals surface area contributed by atoms with Crippen LogP contribution in [0.1, 0.15) is 33.8 Å². The second kappa shape index (κ2) is 8.46. The van der Waals surface area contributed by atoms with Gasteiger partial charge in [0.05, 0.1) is 33.8 Å². The fraction of sp³-hybridized carbons (Fsp3) is 0.160. The first-order valence-corrected chi connectivity index (χ1v) is 12.1. The van der Waals surface area contributed by atoms with E-state index in [4.69, 9.17) is 4.74 Å². The van der Waals surface area contributed by atoms with Gasteiger partial charge in [0.15, 0.2) is 10.9 Å². The minimum absolute atomic E-state index is 0.0456. The molecule has 1 atom stereocenters. The number of methoxy groups -OCH3 is 1. The lowest BCUT2D eigenvalue weighted by molar-refractivity contribution is -0.117. The van der Waals surface area contributed by atoms with Gasteiger partial charge >= 0.3 is 0 Å². The van der Waals surface area contributed by atoms with Gasteiger partial charge in [0, 0.05) is 0 Å². The molecule has 1 aliphatic heterocycles. The number of aryl methyl sites for hydroxylation is 1. The van der Waals surface area contributed by atoms with Crippen LogP contribution in [0.4, 0.5) is 5.13 Å². The summed E-state index contributed by atoms with van der Waals surface area (Å²) in [5, 5.41) is 13.1. The van der Waals surface area contributed by atoms with E-state index in [-0.39, 0.29) is 11.4 Å². The molecular formula is C25H20N2O4S2. The van der Waals surface area contributed by atoms with Crippen molar-refractivity contribution in [3.8, 4) is 5.75 Å². The van der Waals surface area contributed by atoms with Crippen LogP contribution in [0.2, 0.25) is 0 Å². The number of aliphatic hydroxyl groups excluding tert-OH is 1. The molecule has 6 nitrogen and oxygen atoms in total. The van der Waals surface area contributed by atoms with Gasteiger partial charge in [0.25, 0.3) is 5.91 Å². The Morgan fingerprint density at radius 3 is 2.76 bits per heavy atom. The Labute approximate surface area is 198 Å². The van der Waals surface area contributed by atoms with Crippen LogP contribution in [0.15, 0.2) is 71.3 Å². The van der Waals surface area contributed by atoms with Crippen LogP contribution in [0.25, 0.3) is 10.2 Å². The van der Waals surface area contributed by atoms with Crippen molar-refractivity contribution >= 4 is 49.7 Å². The number of nitrogens with zero attached hydrogens (tertiary/aromatic N) is 2. The van der Waals surface area contributed by atoms with Crippen molar-refractivity contribution in [2.45, 2.75) is 19.4 Å². The number of aromatic nitrogens is 1. The van der Waals surface area contributed by atoms with Crippen LogP contribution < -0.4 is 9.64 Å². The fourth-order valence-corrected chi connectivity index (χ4v) is 5.72. The number of hydrogen-bond acceptors (Lipinski definition) is 7. The van der Waals surface area contributed by atoms with Gasteiger partial charge < -0.3 is 9.84 Å². The molecule has 0 bridgehead atoms. The van der Waals surface area contributed by atoms with E-state index >= 15 is 0 Å². The molecule has 3 heterocycles. The average molecular weight is 477 g/mol. The van der Waals surface area contributed by atoms with Gasteiger partial charge in [-0.15, -0.1) is 11.3 Å². The fourth-order valence-electron chi connectivity index (χ4n) is 3.98. The molecule has 1 amide bonds. The number of Topliss-reactive ketones (excluding diaryl/α,β-unsaturated/α-hetero) is 1. The molecule has 0 unspecified atom stereocenters. The number of amides is 1. The van der Waals surface area contributed by atoms with Crippen molar-refractivity contribution in [1.29, 1.82) is 0 Å². The van der Waals surface area contributed by atoms with E-state index < -0.39 is 17.7 Å². The second-order valence-electron chi connectivity index (χ2n) is 7.58. The van der Waals surface area contributed by atoms with E-state index in [0.29, 0.717) is 21.3 Å². The predicted octanol–water partition coefficient (Wildman–Crippen LogP) is 5.71. The van der Waals surface area contributed by atoms with Crippen LogP contribution in [-0.2, 0) is 11.2 Å². The highest BCUT2D eigenvalue weighted by Crippen LogP contribution is 2.45. The summed E-state index contributed by atoms with van der Waals surface area (Å²) in [5.74, 6) is -0.973. The third kappa shape index (κ3) is 3.61. The molecule has 2 aromatic carbocycles. The van der Waals surface area contributed by atoms with Crippen molar-refractivity contribution in [2.75, 3.05) is 12.0 Å². The summed E-state index contributed by atoms with van der Waals surface area (Å²) in [7, 11) is 1.56. The second-order valence-corrected chi connectivity index (χ2v) is 9.53. The first kappa shape index (κ1) is 21.4. The number of carbonyl (C=O) groups excluding carboxylic acids is 2. The van der Waals surface area contributed by atoms with E-state index in [1.54, 1.807) is 42.8 Å². The topological polar surface area (TPSA) is 79.7 Å². The summed E-state index contributed by atoms with van der Waals surface area (Å²) in [6.07, 6.45) is 0.889. The standard InChI is InChI=1S/C25H20N2O4S2/c1-3-14-9-10-17-19(12-14)33-25(26-17)27-21(15-6-4-7-16(13-15)31-2)20(23(29)24(27)30)22(28)18-8-5-11-32-18/h4-13,21,29H,3H2,1-2H3/t21-/m1/s1. The largest absolute Gasteiger partial charge is 0.503 e. The highest BCUT2D eigenvalue weighted by Gasteiger charge is 2.46. The van der Waals surface area contributed by atoms with Gasteiger partial charge in [0.2, 0.25) is 5.78 Å². The first-order chi connectivity index (χ1) is 16.0. The highest BCUT2D eigenvalue weighted by molar-refractivity contribution is 7.22. The Bertz CT molecular complexity index is 1410. The van der Waals surface area contributed by atoms with E-state index in [2.05, 4.69) is 18.0 Å². The van der Waals surface area contributed by atoms with Gasteiger partial charge in [-0.25, -0.2) is 4.98 Å². The molecule has 1 aliphatic rings. The Hall–Kier alpha value is -3.49.